The largest absolute Gasteiger partial charge is 0.324 e. The highest BCUT2D eigenvalue weighted by Gasteiger charge is 2.24. The summed E-state index contributed by atoms with van der Waals surface area (Å²) in [6, 6.07) is 10.6. The maximum atomic E-state index is 12.9. The first-order valence-corrected chi connectivity index (χ1v) is 9.15. The van der Waals surface area contributed by atoms with Crippen LogP contribution in [0.5, 0.6) is 0 Å². The first-order chi connectivity index (χ1) is 12.0. The number of para-hydroxylation sites is 1. The number of rotatable bonds is 6. The molecule has 0 N–H and O–H groups in total. The van der Waals surface area contributed by atoms with E-state index in [1.165, 1.54) is 23.5 Å². The number of thiazole rings is 1. The monoisotopic (exact) mass is 376 g/mol. The maximum absolute atomic E-state index is 12.9. The summed E-state index contributed by atoms with van der Waals surface area (Å²) in [6.45, 7) is 1.12. The van der Waals surface area contributed by atoms with Crippen LogP contribution in [-0.4, -0.2) is 47.9 Å². The van der Waals surface area contributed by atoms with Crippen LogP contribution in [0.2, 0.25) is 0 Å². The van der Waals surface area contributed by atoms with E-state index in [1.807, 2.05) is 43.3 Å². The lowest BCUT2D eigenvalue weighted by atomic mass is 10.3. The summed E-state index contributed by atoms with van der Waals surface area (Å²) < 4.78 is 0.998. The number of carbonyl (C=O) groups is 1. The Morgan fingerprint density at radius 2 is 1.92 bits per heavy atom. The van der Waals surface area contributed by atoms with Crippen LogP contribution in [0, 0.1) is 10.1 Å². The molecule has 0 aliphatic heterocycles. The first kappa shape index (κ1) is 17.5. The molecular weight excluding hydrogens is 360 g/mol. The maximum Gasteiger partial charge on any atom is 0.324 e. The van der Waals surface area contributed by atoms with Crippen molar-refractivity contribution in [3.05, 3.63) is 51.4 Å². The second-order valence-electron chi connectivity index (χ2n) is 5.62. The van der Waals surface area contributed by atoms with Gasteiger partial charge in [0, 0.05) is 19.2 Å². The van der Waals surface area contributed by atoms with E-state index in [2.05, 4.69) is 4.98 Å². The van der Waals surface area contributed by atoms with Gasteiger partial charge in [-0.15, -0.1) is 0 Å². The molecule has 9 heteroatoms. The molecule has 0 saturated heterocycles. The molecule has 0 spiro atoms. The minimum absolute atomic E-state index is 0.0415. The number of anilines is 1. The Hall–Kier alpha value is -2.36. The molecular formula is C16H16N4O3S2. The van der Waals surface area contributed by atoms with Crippen LogP contribution in [0.3, 0.4) is 0 Å². The summed E-state index contributed by atoms with van der Waals surface area (Å²) in [5, 5.41) is 11.4. The van der Waals surface area contributed by atoms with Gasteiger partial charge in [0.05, 0.1) is 20.0 Å². The predicted octanol–water partition coefficient (Wildman–Crippen LogP) is 3.47. The van der Waals surface area contributed by atoms with Crippen LogP contribution in [0.1, 0.15) is 9.67 Å². The van der Waals surface area contributed by atoms with E-state index in [9.17, 15) is 14.9 Å². The zero-order chi connectivity index (χ0) is 18.0. The third-order valence-corrected chi connectivity index (χ3v) is 5.60. The molecule has 3 aromatic rings. The van der Waals surface area contributed by atoms with E-state index in [0.29, 0.717) is 23.1 Å². The number of aromatic nitrogens is 1. The number of hydrogen-bond acceptors (Lipinski definition) is 7. The summed E-state index contributed by atoms with van der Waals surface area (Å²) in [4.78, 5) is 31.8. The van der Waals surface area contributed by atoms with Crippen molar-refractivity contribution in [3.8, 4) is 0 Å². The molecule has 1 aromatic carbocycles. The smallest absolute Gasteiger partial charge is 0.308 e. The van der Waals surface area contributed by atoms with Crippen molar-refractivity contribution >= 4 is 48.9 Å². The fourth-order valence-corrected chi connectivity index (χ4v) is 3.99. The summed E-state index contributed by atoms with van der Waals surface area (Å²) >= 11 is 2.33. The predicted molar refractivity (Wildman–Crippen MR) is 101 cm³/mol. The second-order valence-corrected chi connectivity index (χ2v) is 7.69. The highest BCUT2D eigenvalue weighted by atomic mass is 32.1. The molecule has 0 bridgehead atoms. The van der Waals surface area contributed by atoms with E-state index in [1.54, 1.807) is 4.90 Å². The lowest BCUT2D eigenvalue weighted by Crippen LogP contribution is -2.36. The van der Waals surface area contributed by atoms with Crippen LogP contribution in [0.4, 0.5) is 10.1 Å². The molecule has 130 valence electrons. The first-order valence-electron chi connectivity index (χ1n) is 7.52. The highest BCUT2D eigenvalue weighted by molar-refractivity contribution is 7.22. The normalized spacial score (nSPS) is 11.2. The van der Waals surface area contributed by atoms with Gasteiger partial charge in [-0.25, -0.2) is 4.98 Å². The molecule has 0 aliphatic rings. The zero-order valence-electron chi connectivity index (χ0n) is 13.7. The molecule has 7 nitrogen and oxygen atoms in total. The number of likely N-dealkylation sites (N-methyl/N-ethyl adjacent to an activating group) is 1. The lowest BCUT2D eigenvalue weighted by molar-refractivity contribution is -0.380. The quantitative estimate of drug-likeness (QED) is 0.486. The molecule has 2 heterocycles. The van der Waals surface area contributed by atoms with Crippen molar-refractivity contribution in [1.82, 2.24) is 9.88 Å². The van der Waals surface area contributed by atoms with Gasteiger partial charge in [-0.1, -0.05) is 34.8 Å². The van der Waals surface area contributed by atoms with Gasteiger partial charge in [0.25, 0.3) is 5.91 Å². The number of carbonyl (C=O) groups excluding carboxylic acids is 1. The van der Waals surface area contributed by atoms with E-state index in [-0.39, 0.29) is 10.9 Å². The third kappa shape index (κ3) is 3.84. The summed E-state index contributed by atoms with van der Waals surface area (Å²) in [6.07, 6.45) is 0. The Bertz CT molecular complexity index is 886. The van der Waals surface area contributed by atoms with Gasteiger partial charge in [0.2, 0.25) is 0 Å². The number of hydrogen-bond donors (Lipinski definition) is 0. The SMILES string of the molecule is CN(C)CCN(C(=O)c1ccc([N+](=O)[O-])s1)c1nc2ccccc2s1. The molecule has 2 aromatic heterocycles. The van der Waals surface area contributed by atoms with Crippen LogP contribution >= 0.6 is 22.7 Å². The Morgan fingerprint density at radius 3 is 2.56 bits per heavy atom. The molecule has 0 fully saturated rings. The van der Waals surface area contributed by atoms with Crippen LogP contribution in [0.25, 0.3) is 10.2 Å². The molecule has 0 atom stereocenters. The third-order valence-electron chi connectivity index (χ3n) is 3.51. The lowest BCUT2D eigenvalue weighted by Gasteiger charge is -2.21. The van der Waals surface area contributed by atoms with Crippen molar-refractivity contribution in [2.24, 2.45) is 0 Å². The van der Waals surface area contributed by atoms with Crippen molar-refractivity contribution in [1.29, 1.82) is 0 Å². The minimum Gasteiger partial charge on any atom is -0.308 e. The molecule has 1 amide bonds. The number of nitrogens with zero attached hydrogens (tertiary/aromatic N) is 4. The fourth-order valence-electron chi connectivity index (χ4n) is 2.23. The van der Waals surface area contributed by atoms with Crippen LogP contribution in [-0.2, 0) is 0 Å². The summed E-state index contributed by atoms with van der Waals surface area (Å²) in [7, 11) is 3.86. The number of fused-ring (bicyclic) bond motifs is 1. The molecule has 0 unspecified atom stereocenters. The highest BCUT2D eigenvalue weighted by Crippen LogP contribution is 2.31. The van der Waals surface area contributed by atoms with Gasteiger partial charge in [0.1, 0.15) is 0 Å². The zero-order valence-corrected chi connectivity index (χ0v) is 15.3. The van der Waals surface area contributed by atoms with Crippen molar-refractivity contribution in [2.75, 3.05) is 32.1 Å². The van der Waals surface area contributed by atoms with Gasteiger partial charge < -0.3 is 4.90 Å². The van der Waals surface area contributed by atoms with E-state index in [0.717, 1.165) is 21.6 Å². The van der Waals surface area contributed by atoms with Crippen molar-refractivity contribution in [2.45, 2.75) is 0 Å². The van der Waals surface area contributed by atoms with Crippen LogP contribution in [0.15, 0.2) is 36.4 Å². The molecule has 0 radical (unpaired) electrons. The van der Waals surface area contributed by atoms with Gasteiger partial charge in [-0.2, -0.15) is 0 Å². The summed E-state index contributed by atoms with van der Waals surface area (Å²) in [5.74, 6) is -0.265. The van der Waals surface area contributed by atoms with Crippen molar-refractivity contribution in [3.63, 3.8) is 0 Å². The average Bonchev–Trinajstić information content (AvgIpc) is 3.21. The van der Waals surface area contributed by atoms with E-state index >= 15 is 0 Å². The minimum atomic E-state index is -0.483. The Morgan fingerprint density at radius 1 is 1.16 bits per heavy atom. The molecule has 3 rings (SSSR count). The van der Waals surface area contributed by atoms with Gasteiger partial charge in [-0.3, -0.25) is 19.8 Å². The Kier molecular flexibility index (Phi) is 5.07. The Balaban J connectivity index is 1.95. The van der Waals surface area contributed by atoms with Gasteiger partial charge >= 0.3 is 5.00 Å². The van der Waals surface area contributed by atoms with Crippen LogP contribution < -0.4 is 4.90 Å². The topological polar surface area (TPSA) is 79.6 Å². The molecule has 0 saturated carbocycles. The number of amides is 1. The summed E-state index contributed by atoms with van der Waals surface area (Å²) in [5.41, 5.74) is 0.835. The number of nitro groups is 1. The number of thiophene rings is 1. The average molecular weight is 376 g/mol. The standard InChI is InChI=1S/C16H16N4O3S2/c1-18(2)9-10-19(15(21)13-7-8-14(24-13)20(22)23)16-17-11-5-3-4-6-12(11)25-16/h3-8H,9-10H2,1-2H3. The fraction of sp³-hybridized carbons (Fsp3) is 0.250. The van der Waals surface area contributed by atoms with Gasteiger partial charge in [-0.05, 0) is 32.3 Å². The molecule has 0 aliphatic carbocycles. The Labute approximate surface area is 152 Å². The van der Waals surface area contributed by atoms with E-state index in [4.69, 9.17) is 0 Å². The second kappa shape index (κ2) is 7.26. The van der Waals surface area contributed by atoms with Gasteiger partial charge in [0.15, 0.2) is 5.13 Å². The number of benzene rings is 1. The molecule has 25 heavy (non-hydrogen) atoms. The van der Waals surface area contributed by atoms with Crippen molar-refractivity contribution < 1.29 is 9.72 Å². The van der Waals surface area contributed by atoms with E-state index < -0.39 is 4.92 Å².